The van der Waals surface area contributed by atoms with Crippen LogP contribution in [0.5, 0.6) is 0 Å². The Morgan fingerprint density at radius 2 is 1.56 bits per heavy atom. The Morgan fingerprint density at radius 3 is 2.11 bits per heavy atom. The van der Waals surface area contributed by atoms with E-state index in [4.69, 9.17) is 0 Å². The molecule has 0 N–H and O–H groups in total. The lowest BCUT2D eigenvalue weighted by Gasteiger charge is -1.94. The van der Waals surface area contributed by atoms with Crippen LogP contribution in [0, 0.1) is 0 Å². The van der Waals surface area contributed by atoms with Crippen molar-refractivity contribution in [3.8, 4) is 0 Å². The van der Waals surface area contributed by atoms with E-state index < -0.39 is 0 Å². The van der Waals surface area contributed by atoms with Gasteiger partial charge < -0.3 is 0 Å². The van der Waals surface area contributed by atoms with Crippen molar-refractivity contribution in [1.82, 2.24) is 0 Å². The highest BCUT2D eigenvalue weighted by Gasteiger charge is 1.88. The van der Waals surface area contributed by atoms with Gasteiger partial charge in [0.1, 0.15) is 0 Å². The largest absolute Gasteiger partial charge is 0.201 e. The molecule has 100 valence electrons. The highest BCUT2D eigenvalue weighted by atomic mass is 14.9. The van der Waals surface area contributed by atoms with Gasteiger partial charge in [0.2, 0.25) is 0 Å². The van der Waals surface area contributed by atoms with E-state index in [0.29, 0.717) is 0 Å². The van der Waals surface area contributed by atoms with Gasteiger partial charge in [-0.25, -0.2) is 4.57 Å². The summed E-state index contributed by atoms with van der Waals surface area (Å²) in [6.07, 6.45) is 16.0. The van der Waals surface area contributed by atoms with Crippen LogP contribution in [-0.2, 0) is 6.54 Å². The van der Waals surface area contributed by atoms with E-state index in [1.165, 1.54) is 38.5 Å². The van der Waals surface area contributed by atoms with Gasteiger partial charge in [-0.1, -0.05) is 51.3 Å². The van der Waals surface area contributed by atoms with Crippen molar-refractivity contribution in [2.24, 2.45) is 0 Å². The first-order valence-corrected chi connectivity index (χ1v) is 7.01. The first kappa shape index (κ1) is 16.6. The average molecular weight is 246 g/mol. The predicted octanol–water partition coefficient (Wildman–Crippen LogP) is 4.69. The summed E-state index contributed by atoms with van der Waals surface area (Å²) in [5.41, 5.74) is 0. The number of hydrogen-bond acceptors (Lipinski definition) is 0. The second kappa shape index (κ2) is 13.7. The number of pyridine rings is 1. The maximum atomic E-state index is 3.68. The van der Waals surface area contributed by atoms with E-state index in [0.717, 1.165) is 6.54 Å². The summed E-state index contributed by atoms with van der Waals surface area (Å²) >= 11 is 0. The van der Waals surface area contributed by atoms with Gasteiger partial charge in [-0.15, -0.1) is 6.58 Å². The highest BCUT2D eigenvalue weighted by molar-refractivity contribution is 4.83. The van der Waals surface area contributed by atoms with Crippen LogP contribution in [-0.4, -0.2) is 0 Å². The second-order valence-electron chi connectivity index (χ2n) is 4.35. The summed E-state index contributed by atoms with van der Waals surface area (Å²) in [6.45, 7) is 10.4. The maximum Gasteiger partial charge on any atom is 0.169 e. The van der Waals surface area contributed by atoms with Gasteiger partial charge >= 0.3 is 0 Å². The third-order valence-electron chi connectivity index (χ3n) is 2.63. The first-order chi connectivity index (χ1) is 8.85. The van der Waals surface area contributed by atoms with Gasteiger partial charge in [0.05, 0.1) is 0 Å². The summed E-state index contributed by atoms with van der Waals surface area (Å²) in [5, 5.41) is 0. The zero-order chi connectivity index (χ0) is 13.5. The Morgan fingerprint density at radius 1 is 0.889 bits per heavy atom. The number of allylic oxidation sites excluding steroid dienone is 2. The molecule has 1 heteroatoms. The molecule has 0 spiro atoms. The SMILES string of the molecule is C=CCCCCCCC.C=CC[n+]1ccccc1. The molecule has 0 aliphatic heterocycles. The molecule has 0 amide bonds. The van der Waals surface area contributed by atoms with Crippen LogP contribution < -0.4 is 4.57 Å². The van der Waals surface area contributed by atoms with Gasteiger partial charge in [0.15, 0.2) is 18.9 Å². The number of aromatic nitrogens is 1. The number of rotatable bonds is 8. The van der Waals surface area contributed by atoms with Crippen molar-refractivity contribution < 1.29 is 4.57 Å². The summed E-state index contributed by atoms with van der Waals surface area (Å²) < 4.78 is 2.06. The molecule has 0 bridgehead atoms. The topological polar surface area (TPSA) is 3.88 Å². The van der Waals surface area contributed by atoms with Gasteiger partial charge in [0, 0.05) is 12.1 Å². The van der Waals surface area contributed by atoms with Crippen molar-refractivity contribution in [2.75, 3.05) is 0 Å². The minimum absolute atomic E-state index is 0.890. The third-order valence-corrected chi connectivity index (χ3v) is 2.63. The molecule has 0 fully saturated rings. The molecule has 1 rings (SSSR count). The van der Waals surface area contributed by atoms with E-state index in [-0.39, 0.29) is 0 Å². The van der Waals surface area contributed by atoms with Crippen molar-refractivity contribution in [1.29, 1.82) is 0 Å². The Bertz CT molecular complexity index is 290. The lowest BCUT2D eigenvalue weighted by Crippen LogP contribution is -2.30. The Labute approximate surface area is 113 Å². The smallest absolute Gasteiger partial charge is 0.169 e. The van der Waals surface area contributed by atoms with Gasteiger partial charge in [0.25, 0.3) is 0 Å². The van der Waals surface area contributed by atoms with Crippen molar-refractivity contribution in [3.05, 3.63) is 55.9 Å². The molecular formula is C17H28N+. The zero-order valence-corrected chi connectivity index (χ0v) is 11.9. The molecule has 0 aliphatic rings. The Hall–Kier alpha value is -1.37. The third kappa shape index (κ3) is 11.1. The molecule has 0 saturated heterocycles. The number of nitrogens with zero attached hydrogens (tertiary/aromatic N) is 1. The predicted molar refractivity (Wildman–Crippen MR) is 80.4 cm³/mol. The van der Waals surface area contributed by atoms with E-state index in [1.54, 1.807) is 0 Å². The van der Waals surface area contributed by atoms with Crippen LogP contribution in [0.4, 0.5) is 0 Å². The standard InChI is InChI=1S/C9H18.C8H10N/c1-3-5-7-9-8-6-4-2;1-2-6-9-7-4-3-5-8-9/h3H,1,4-9H2,2H3;2-5,7-8H,1,6H2/q;+1. The fourth-order valence-electron chi connectivity index (χ4n) is 1.60. The lowest BCUT2D eigenvalue weighted by atomic mass is 10.1. The van der Waals surface area contributed by atoms with Crippen molar-refractivity contribution in [2.45, 2.75) is 52.0 Å². The van der Waals surface area contributed by atoms with Crippen LogP contribution in [0.1, 0.15) is 45.4 Å². The molecule has 0 atom stereocenters. The molecule has 18 heavy (non-hydrogen) atoms. The molecule has 0 aliphatic carbocycles. The second-order valence-corrected chi connectivity index (χ2v) is 4.35. The molecule has 1 heterocycles. The maximum absolute atomic E-state index is 3.68. The summed E-state index contributed by atoms with van der Waals surface area (Å²) in [7, 11) is 0. The van der Waals surface area contributed by atoms with Crippen molar-refractivity contribution in [3.63, 3.8) is 0 Å². The first-order valence-electron chi connectivity index (χ1n) is 7.01. The van der Waals surface area contributed by atoms with Gasteiger partial charge in [-0.3, -0.25) is 0 Å². The minimum Gasteiger partial charge on any atom is -0.201 e. The molecule has 0 unspecified atom stereocenters. The molecule has 0 saturated carbocycles. The van der Waals surface area contributed by atoms with Crippen LogP contribution in [0.15, 0.2) is 55.9 Å². The molecular weight excluding hydrogens is 218 g/mol. The quantitative estimate of drug-likeness (QED) is 0.356. The van der Waals surface area contributed by atoms with E-state index in [9.17, 15) is 0 Å². The van der Waals surface area contributed by atoms with Crippen molar-refractivity contribution >= 4 is 0 Å². The summed E-state index contributed by atoms with van der Waals surface area (Å²) in [5.74, 6) is 0. The number of hydrogen-bond donors (Lipinski definition) is 0. The molecule has 1 aromatic rings. The van der Waals surface area contributed by atoms with E-state index in [2.05, 4.69) is 24.6 Å². The fraction of sp³-hybridized carbons (Fsp3) is 0.471. The minimum atomic E-state index is 0.890. The normalized spacial score (nSPS) is 9.17. The number of unbranched alkanes of at least 4 members (excludes halogenated alkanes) is 5. The Kier molecular flexibility index (Phi) is 12.7. The Balaban J connectivity index is 0.000000321. The zero-order valence-electron chi connectivity index (χ0n) is 11.9. The van der Waals surface area contributed by atoms with Gasteiger partial charge in [-0.05, 0) is 18.9 Å². The van der Waals surface area contributed by atoms with Gasteiger partial charge in [-0.2, -0.15) is 0 Å². The molecule has 0 radical (unpaired) electrons. The summed E-state index contributed by atoms with van der Waals surface area (Å²) in [4.78, 5) is 0. The van der Waals surface area contributed by atoms with Crippen LogP contribution in [0.2, 0.25) is 0 Å². The van der Waals surface area contributed by atoms with E-state index in [1.807, 2.05) is 42.7 Å². The fourth-order valence-corrected chi connectivity index (χ4v) is 1.60. The van der Waals surface area contributed by atoms with Crippen LogP contribution >= 0.6 is 0 Å². The lowest BCUT2D eigenvalue weighted by molar-refractivity contribution is -0.687. The van der Waals surface area contributed by atoms with E-state index >= 15 is 0 Å². The van der Waals surface area contributed by atoms with Crippen LogP contribution in [0.25, 0.3) is 0 Å². The highest BCUT2D eigenvalue weighted by Crippen LogP contribution is 2.04. The molecule has 1 nitrogen and oxygen atoms in total. The molecule has 1 aromatic heterocycles. The average Bonchev–Trinajstić information content (AvgIpc) is 2.41. The monoisotopic (exact) mass is 246 g/mol. The van der Waals surface area contributed by atoms with Crippen LogP contribution in [0.3, 0.4) is 0 Å². The summed E-state index contributed by atoms with van der Waals surface area (Å²) in [6, 6.07) is 6.01. The molecule has 0 aromatic carbocycles.